The second-order valence-electron chi connectivity index (χ2n) is 10.2. The van der Waals surface area contributed by atoms with Crippen molar-refractivity contribution in [1.82, 2.24) is 24.8 Å². The Balaban J connectivity index is 1.22. The lowest BCUT2D eigenvalue weighted by Crippen LogP contribution is -2.33. The van der Waals surface area contributed by atoms with Crippen LogP contribution in [0.4, 0.5) is 5.69 Å². The van der Waals surface area contributed by atoms with Gasteiger partial charge in [-0.3, -0.25) is 19.3 Å². The average Bonchev–Trinajstić information content (AvgIpc) is 3.66. The zero-order valence-corrected chi connectivity index (χ0v) is 22.5. The molecule has 2 aliphatic rings. The summed E-state index contributed by atoms with van der Waals surface area (Å²) in [6, 6.07) is 11.9. The van der Waals surface area contributed by atoms with Crippen molar-refractivity contribution in [2.24, 2.45) is 0 Å². The highest BCUT2D eigenvalue weighted by Gasteiger charge is 2.36. The third-order valence-corrected chi connectivity index (χ3v) is 7.78. The summed E-state index contributed by atoms with van der Waals surface area (Å²) in [6.45, 7) is 3.53. The van der Waals surface area contributed by atoms with Crippen molar-refractivity contribution in [1.29, 1.82) is 0 Å². The van der Waals surface area contributed by atoms with E-state index in [1.807, 2.05) is 0 Å². The first-order valence-electron chi connectivity index (χ1n) is 13.4. The monoisotopic (exact) mass is 560 g/mol. The number of rotatable bonds is 9. The predicted octanol–water partition coefficient (Wildman–Crippen LogP) is 3.80. The topological polar surface area (TPSA) is 134 Å². The first-order chi connectivity index (χ1) is 19.4. The fourth-order valence-electron chi connectivity index (χ4n) is 5.47. The van der Waals surface area contributed by atoms with E-state index < -0.39 is 6.10 Å². The molecular formula is C29H29ClN6O4. The van der Waals surface area contributed by atoms with Crippen LogP contribution >= 0.6 is 11.6 Å². The first-order valence-corrected chi connectivity index (χ1v) is 13.8. The molecule has 4 aromatic rings. The number of pyridine rings is 1. The fraction of sp³-hybridized carbons (Fsp3) is 0.310. The molecule has 1 fully saturated rings. The fourth-order valence-corrected chi connectivity index (χ4v) is 5.67. The van der Waals surface area contributed by atoms with Crippen LogP contribution in [0.3, 0.4) is 0 Å². The van der Waals surface area contributed by atoms with E-state index in [-0.39, 0.29) is 35.3 Å². The quantitative estimate of drug-likeness (QED) is 0.229. The molecule has 2 aliphatic heterocycles. The minimum Gasteiger partial charge on any atom is -0.387 e. The number of imidazole rings is 1. The van der Waals surface area contributed by atoms with Crippen LogP contribution in [-0.2, 0) is 0 Å². The third-order valence-electron chi connectivity index (χ3n) is 7.54. The van der Waals surface area contributed by atoms with Gasteiger partial charge >= 0.3 is 0 Å². The SMILES string of the molecule is O=C1c2cc3nc(-c4c(NCC(O)c5cccc(Cl)c5)cc[nH]c4=O)[nH]c3cc2C(=O)N1CCCN1CCCC1. The number of benzene rings is 2. The third kappa shape index (κ3) is 5.01. The molecule has 2 aromatic heterocycles. The number of aliphatic hydroxyl groups is 1. The van der Waals surface area contributed by atoms with Crippen molar-refractivity contribution in [3.8, 4) is 11.4 Å². The van der Waals surface area contributed by atoms with E-state index in [1.165, 1.54) is 23.9 Å². The molecule has 1 saturated heterocycles. The summed E-state index contributed by atoms with van der Waals surface area (Å²) in [6.07, 6.45) is 3.79. The summed E-state index contributed by atoms with van der Waals surface area (Å²) in [5, 5.41) is 14.3. The maximum absolute atomic E-state index is 13.1. The van der Waals surface area contributed by atoms with Crippen LogP contribution in [0.2, 0.25) is 5.02 Å². The van der Waals surface area contributed by atoms with Crippen LogP contribution in [0.1, 0.15) is 51.6 Å². The number of hydrogen-bond donors (Lipinski definition) is 4. The minimum atomic E-state index is -0.861. The van der Waals surface area contributed by atoms with Gasteiger partial charge < -0.3 is 25.3 Å². The molecule has 0 aliphatic carbocycles. The summed E-state index contributed by atoms with van der Waals surface area (Å²) in [5.41, 5.74) is 2.64. The summed E-state index contributed by atoms with van der Waals surface area (Å²) in [5.74, 6) is -0.347. The molecule has 2 aromatic carbocycles. The number of carbonyl (C=O) groups is 2. The number of carbonyl (C=O) groups excluding carboxylic acids is 2. The number of aromatic nitrogens is 3. The zero-order chi connectivity index (χ0) is 27.8. The second-order valence-corrected chi connectivity index (χ2v) is 10.6. The molecule has 2 amide bonds. The molecular weight excluding hydrogens is 532 g/mol. The van der Waals surface area contributed by atoms with Crippen LogP contribution < -0.4 is 10.9 Å². The average molecular weight is 561 g/mol. The van der Waals surface area contributed by atoms with Crippen molar-refractivity contribution in [2.45, 2.75) is 25.4 Å². The second kappa shape index (κ2) is 10.9. The summed E-state index contributed by atoms with van der Waals surface area (Å²) in [4.78, 5) is 53.2. The van der Waals surface area contributed by atoms with Gasteiger partial charge in [0.05, 0.1) is 34.0 Å². The lowest BCUT2D eigenvalue weighted by molar-refractivity contribution is 0.0648. The highest BCUT2D eigenvalue weighted by Crippen LogP contribution is 2.30. The summed E-state index contributed by atoms with van der Waals surface area (Å²) >= 11 is 6.04. The normalized spacial score (nSPS) is 16.2. The van der Waals surface area contributed by atoms with E-state index in [9.17, 15) is 19.5 Å². The largest absolute Gasteiger partial charge is 0.387 e. The highest BCUT2D eigenvalue weighted by molar-refractivity contribution is 6.30. The predicted molar refractivity (Wildman–Crippen MR) is 153 cm³/mol. The molecule has 1 atom stereocenters. The number of likely N-dealkylation sites (tertiary alicyclic amines) is 1. The number of anilines is 1. The highest BCUT2D eigenvalue weighted by atomic mass is 35.5. The number of aromatic amines is 2. The van der Waals surface area contributed by atoms with Gasteiger partial charge in [-0.05, 0) is 74.8 Å². The number of nitrogens with zero attached hydrogens (tertiary/aromatic N) is 3. The molecule has 10 nitrogen and oxygen atoms in total. The number of hydrogen-bond acceptors (Lipinski definition) is 7. The number of H-pyrrole nitrogens is 2. The zero-order valence-electron chi connectivity index (χ0n) is 21.7. The number of fused-ring (bicyclic) bond motifs is 2. The molecule has 0 spiro atoms. The molecule has 40 heavy (non-hydrogen) atoms. The Morgan fingerprint density at radius 3 is 2.58 bits per heavy atom. The Hall–Kier alpha value is -3.99. The van der Waals surface area contributed by atoms with Crippen LogP contribution in [0.25, 0.3) is 22.4 Å². The van der Waals surface area contributed by atoms with Crippen molar-refractivity contribution < 1.29 is 14.7 Å². The van der Waals surface area contributed by atoms with E-state index >= 15 is 0 Å². The molecule has 0 bridgehead atoms. The molecule has 4 heterocycles. The Morgan fingerprint density at radius 2 is 1.80 bits per heavy atom. The van der Waals surface area contributed by atoms with Gasteiger partial charge in [-0.25, -0.2) is 4.98 Å². The van der Waals surface area contributed by atoms with Crippen LogP contribution in [0.15, 0.2) is 53.5 Å². The lowest BCUT2D eigenvalue weighted by atomic mass is 10.1. The van der Waals surface area contributed by atoms with Gasteiger partial charge in [0.1, 0.15) is 11.4 Å². The minimum absolute atomic E-state index is 0.127. The van der Waals surface area contributed by atoms with Gasteiger partial charge in [-0.15, -0.1) is 0 Å². The van der Waals surface area contributed by atoms with Gasteiger partial charge in [0.2, 0.25) is 0 Å². The Bertz CT molecular complexity index is 1610. The van der Waals surface area contributed by atoms with Crippen molar-refractivity contribution in [2.75, 3.05) is 38.0 Å². The van der Waals surface area contributed by atoms with Crippen LogP contribution in [-0.4, -0.2) is 74.4 Å². The van der Waals surface area contributed by atoms with E-state index in [1.54, 1.807) is 42.5 Å². The Kier molecular flexibility index (Phi) is 7.14. The molecule has 6 rings (SSSR count). The summed E-state index contributed by atoms with van der Waals surface area (Å²) in [7, 11) is 0. The van der Waals surface area contributed by atoms with Gasteiger partial charge in [0, 0.05) is 24.3 Å². The molecule has 206 valence electrons. The Morgan fingerprint density at radius 1 is 1.02 bits per heavy atom. The number of amides is 2. The first kappa shape index (κ1) is 26.2. The van der Waals surface area contributed by atoms with Crippen LogP contribution in [0, 0.1) is 0 Å². The van der Waals surface area contributed by atoms with E-state index in [2.05, 4.69) is 25.2 Å². The molecule has 4 N–H and O–H groups in total. The van der Waals surface area contributed by atoms with Crippen molar-refractivity contribution >= 4 is 40.1 Å². The van der Waals surface area contributed by atoms with E-state index in [0.717, 1.165) is 26.1 Å². The number of halogens is 1. The van der Waals surface area contributed by atoms with Gasteiger partial charge in [-0.2, -0.15) is 0 Å². The van der Waals surface area contributed by atoms with Crippen molar-refractivity contribution in [3.63, 3.8) is 0 Å². The van der Waals surface area contributed by atoms with Gasteiger partial charge in [-0.1, -0.05) is 23.7 Å². The molecule has 0 saturated carbocycles. The lowest BCUT2D eigenvalue weighted by Gasteiger charge is -2.17. The van der Waals surface area contributed by atoms with Gasteiger partial charge in [0.25, 0.3) is 17.4 Å². The molecule has 11 heteroatoms. The molecule has 0 radical (unpaired) electrons. The number of imide groups is 1. The van der Waals surface area contributed by atoms with Gasteiger partial charge in [0.15, 0.2) is 0 Å². The van der Waals surface area contributed by atoms with Crippen molar-refractivity contribution in [3.05, 3.63) is 80.7 Å². The van der Waals surface area contributed by atoms with E-state index in [4.69, 9.17) is 11.6 Å². The molecule has 1 unspecified atom stereocenters. The van der Waals surface area contributed by atoms with E-state index in [0.29, 0.717) is 45.0 Å². The number of aliphatic hydroxyl groups excluding tert-OH is 1. The maximum Gasteiger partial charge on any atom is 0.261 e. The smallest absolute Gasteiger partial charge is 0.261 e. The number of nitrogens with one attached hydrogen (secondary N) is 3. The summed E-state index contributed by atoms with van der Waals surface area (Å²) < 4.78 is 0. The maximum atomic E-state index is 13.1. The van der Waals surface area contributed by atoms with Crippen LogP contribution in [0.5, 0.6) is 0 Å². The standard InChI is InChI=1S/C29H29ClN6O4/c30-18-6-3-5-17(13-18)24(37)16-32-21-7-8-31-27(38)25(21)26-33-22-14-19-20(15-23(22)34-26)29(40)36(28(19)39)12-4-11-35-9-1-2-10-35/h3,5-8,13-15,24,37H,1-2,4,9-12,16H2,(H,33,34)(H2,31,32,38). The Labute approximate surface area is 235 Å².